The van der Waals surface area contributed by atoms with Gasteiger partial charge in [0.05, 0.1) is 11.1 Å². The molecule has 1 amide bonds. The van der Waals surface area contributed by atoms with E-state index in [9.17, 15) is 14.7 Å². The van der Waals surface area contributed by atoms with Crippen molar-refractivity contribution in [2.75, 3.05) is 11.4 Å². The maximum Gasteiger partial charge on any atom is 0.323 e. The molecule has 2 aromatic carbocycles. The lowest BCUT2D eigenvalue weighted by atomic mass is 10.0. The van der Waals surface area contributed by atoms with E-state index in [4.69, 9.17) is 4.98 Å². The summed E-state index contributed by atoms with van der Waals surface area (Å²) in [5.74, 6) is -0.973. The van der Waals surface area contributed by atoms with E-state index in [2.05, 4.69) is 0 Å². The summed E-state index contributed by atoms with van der Waals surface area (Å²) in [4.78, 5) is 30.9. The molecule has 0 bridgehead atoms. The highest BCUT2D eigenvalue weighted by Gasteiger charge is 2.29. The molecule has 0 unspecified atom stereocenters. The number of benzene rings is 2. The van der Waals surface area contributed by atoms with Crippen LogP contribution in [0, 0.1) is 6.92 Å². The molecule has 0 aliphatic heterocycles. The van der Waals surface area contributed by atoms with Gasteiger partial charge in [0.2, 0.25) is 0 Å². The number of hydrogen-bond donors (Lipinski definition) is 1. The van der Waals surface area contributed by atoms with Gasteiger partial charge in [-0.2, -0.15) is 0 Å². The van der Waals surface area contributed by atoms with Gasteiger partial charge in [-0.1, -0.05) is 29.8 Å². The normalized spacial score (nSPS) is 13.5. The van der Waals surface area contributed by atoms with Crippen LogP contribution in [0.1, 0.15) is 40.4 Å². The molecule has 0 spiro atoms. The monoisotopic (exact) mass is 360 g/mol. The molecule has 1 fully saturated rings. The van der Waals surface area contributed by atoms with Crippen molar-refractivity contribution in [2.45, 2.75) is 25.7 Å². The van der Waals surface area contributed by atoms with Crippen molar-refractivity contribution in [1.29, 1.82) is 0 Å². The number of aliphatic carboxylic acids is 1. The van der Waals surface area contributed by atoms with Crippen molar-refractivity contribution >= 4 is 28.5 Å². The first-order valence-corrected chi connectivity index (χ1v) is 9.03. The first-order valence-electron chi connectivity index (χ1n) is 9.03. The predicted octanol–water partition coefficient (Wildman–Crippen LogP) is 4.15. The van der Waals surface area contributed by atoms with Gasteiger partial charge in [0.15, 0.2) is 0 Å². The first-order chi connectivity index (χ1) is 13.0. The van der Waals surface area contributed by atoms with Gasteiger partial charge in [0, 0.05) is 22.7 Å². The minimum Gasteiger partial charge on any atom is -0.480 e. The number of carboxylic acids is 1. The molecule has 1 aliphatic carbocycles. The lowest BCUT2D eigenvalue weighted by Gasteiger charge is -2.22. The fourth-order valence-corrected chi connectivity index (χ4v) is 3.29. The number of amides is 1. The molecular formula is C22H20N2O3. The number of pyridine rings is 1. The third kappa shape index (κ3) is 3.53. The van der Waals surface area contributed by atoms with Crippen LogP contribution < -0.4 is 4.90 Å². The Kier molecular flexibility index (Phi) is 4.36. The molecular weight excluding hydrogens is 340 g/mol. The minimum atomic E-state index is -1.05. The van der Waals surface area contributed by atoms with Crippen LogP contribution in [0.5, 0.6) is 0 Å². The summed E-state index contributed by atoms with van der Waals surface area (Å²) in [7, 11) is 0. The van der Waals surface area contributed by atoms with E-state index in [0.29, 0.717) is 17.2 Å². The van der Waals surface area contributed by atoms with Crippen molar-refractivity contribution in [3.63, 3.8) is 0 Å². The van der Waals surface area contributed by atoms with Crippen LogP contribution in [0.3, 0.4) is 0 Å². The number of aromatic nitrogens is 1. The fourth-order valence-electron chi connectivity index (χ4n) is 3.29. The van der Waals surface area contributed by atoms with Gasteiger partial charge in [-0.25, -0.2) is 0 Å². The second-order valence-electron chi connectivity index (χ2n) is 7.01. The number of anilines is 1. The third-order valence-electron chi connectivity index (χ3n) is 4.82. The summed E-state index contributed by atoms with van der Waals surface area (Å²) in [5, 5.41) is 10.1. The average molecular weight is 360 g/mol. The second-order valence-corrected chi connectivity index (χ2v) is 7.01. The van der Waals surface area contributed by atoms with Gasteiger partial charge >= 0.3 is 5.97 Å². The maximum atomic E-state index is 13.4. The zero-order valence-electron chi connectivity index (χ0n) is 15.1. The summed E-state index contributed by atoms with van der Waals surface area (Å²) in [6.07, 6.45) is 2.16. The molecule has 1 heterocycles. The standard InChI is InChI=1S/C22H20N2O3/c1-14-7-10-19-17(11-14)18(12-20(23-19)15-8-9-15)22(27)24(13-21(25)26)16-5-3-2-4-6-16/h2-7,10-12,15H,8-9,13H2,1H3,(H,25,26). The Balaban J connectivity index is 1.86. The van der Waals surface area contributed by atoms with Crippen LogP contribution in [0.2, 0.25) is 0 Å². The Hall–Kier alpha value is -3.21. The van der Waals surface area contributed by atoms with E-state index in [-0.39, 0.29) is 5.91 Å². The lowest BCUT2D eigenvalue weighted by Crippen LogP contribution is -2.36. The van der Waals surface area contributed by atoms with Gasteiger partial charge in [-0.3, -0.25) is 19.5 Å². The van der Waals surface area contributed by atoms with Gasteiger partial charge in [-0.15, -0.1) is 0 Å². The van der Waals surface area contributed by atoms with Gasteiger partial charge in [0.1, 0.15) is 6.54 Å². The molecule has 1 aromatic heterocycles. The lowest BCUT2D eigenvalue weighted by molar-refractivity contribution is -0.135. The zero-order chi connectivity index (χ0) is 19.0. The van der Waals surface area contributed by atoms with E-state index in [1.807, 2.05) is 37.3 Å². The largest absolute Gasteiger partial charge is 0.480 e. The molecule has 4 rings (SSSR count). The smallest absolute Gasteiger partial charge is 0.323 e. The van der Waals surface area contributed by atoms with Gasteiger partial charge in [-0.05, 0) is 50.1 Å². The highest BCUT2D eigenvalue weighted by molar-refractivity contribution is 6.15. The number of carbonyl (C=O) groups is 2. The Morgan fingerprint density at radius 2 is 1.85 bits per heavy atom. The molecule has 1 aliphatic rings. The summed E-state index contributed by atoms with van der Waals surface area (Å²) in [5.41, 5.74) is 3.79. The highest BCUT2D eigenvalue weighted by atomic mass is 16.4. The molecule has 0 atom stereocenters. The SMILES string of the molecule is Cc1ccc2nc(C3CC3)cc(C(=O)N(CC(=O)O)c3ccccc3)c2c1. The number of carboxylic acid groups (broad SMARTS) is 1. The number of hydrogen-bond acceptors (Lipinski definition) is 3. The number of aryl methyl sites for hydroxylation is 1. The molecule has 0 saturated heterocycles. The second kappa shape index (κ2) is 6.83. The van der Waals surface area contributed by atoms with Crippen LogP contribution in [0.25, 0.3) is 10.9 Å². The number of rotatable bonds is 5. The molecule has 5 heteroatoms. The van der Waals surface area contributed by atoms with Gasteiger partial charge < -0.3 is 5.11 Å². The Morgan fingerprint density at radius 3 is 2.52 bits per heavy atom. The van der Waals surface area contributed by atoms with E-state index < -0.39 is 12.5 Å². The number of carbonyl (C=O) groups excluding carboxylic acids is 1. The quantitative estimate of drug-likeness (QED) is 0.742. The molecule has 1 N–H and O–H groups in total. The van der Waals surface area contributed by atoms with Crippen LogP contribution >= 0.6 is 0 Å². The minimum absolute atomic E-state index is 0.316. The van der Waals surface area contributed by atoms with Crippen molar-refractivity contribution in [2.24, 2.45) is 0 Å². The molecule has 1 saturated carbocycles. The van der Waals surface area contributed by atoms with E-state index >= 15 is 0 Å². The van der Waals surface area contributed by atoms with Crippen LogP contribution in [0.15, 0.2) is 54.6 Å². The van der Waals surface area contributed by atoms with E-state index in [1.165, 1.54) is 4.90 Å². The molecule has 136 valence electrons. The van der Waals surface area contributed by atoms with Crippen molar-refractivity contribution < 1.29 is 14.7 Å². The molecule has 0 radical (unpaired) electrons. The topological polar surface area (TPSA) is 70.5 Å². The Morgan fingerprint density at radius 1 is 1.11 bits per heavy atom. The summed E-state index contributed by atoms with van der Waals surface area (Å²) in [6.45, 7) is 1.58. The first kappa shape index (κ1) is 17.2. The highest BCUT2D eigenvalue weighted by Crippen LogP contribution is 2.40. The Labute approximate surface area is 157 Å². The molecule has 3 aromatic rings. The number of nitrogens with zero attached hydrogens (tertiary/aromatic N) is 2. The third-order valence-corrected chi connectivity index (χ3v) is 4.82. The van der Waals surface area contributed by atoms with Gasteiger partial charge in [0.25, 0.3) is 5.91 Å². The van der Waals surface area contributed by atoms with Crippen molar-refractivity contribution in [3.05, 3.63) is 71.4 Å². The fraction of sp³-hybridized carbons (Fsp3) is 0.227. The summed E-state index contributed by atoms with van der Waals surface area (Å²) in [6, 6.07) is 16.6. The van der Waals surface area contributed by atoms with Crippen LogP contribution in [-0.4, -0.2) is 28.5 Å². The summed E-state index contributed by atoms with van der Waals surface area (Å²) < 4.78 is 0. The predicted molar refractivity (Wildman–Crippen MR) is 104 cm³/mol. The van der Waals surface area contributed by atoms with Crippen molar-refractivity contribution in [3.8, 4) is 0 Å². The number of fused-ring (bicyclic) bond motifs is 1. The van der Waals surface area contributed by atoms with Crippen molar-refractivity contribution in [1.82, 2.24) is 4.98 Å². The zero-order valence-corrected chi connectivity index (χ0v) is 15.1. The van der Waals surface area contributed by atoms with Crippen LogP contribution in [0.4, 0.5) is 5.69 Å². The maximum absolute atomic E-state index is 13.4. The molecule has 27 heavy (non-hydrogen) atoms. The number of para-hydroxylation sites is 1. The molecule has 5 nitrogen and oxygen atoms in total. The Bertz CT molecular complexity index is 1030. The average Bonchev–Trinajstić information content (AvgIpc) is 3.50. The summed E-state index contributed by atoms with van der Waals surface area (Å²) >= 11 is 0. The van der Waals surface area contributed by atoms with E-state index in [0.717, 1.165) is 35.0 Å². The van der Waals surface area contributed by atoms with E-state index in [1.54, 1.807) is 24.3 Å². The van der Waals surface area contributed by atoms with Crippen LogP contribution in [-0.2, 0) is 4.79 Å².